The molecule has 128 valence electrons. The first kappa shape index (κ1) is 16.7. The van der Waals surface area contributed by atoms with Gasteiger partial charge in [0, 0.05) is 31.7 Å². The minimum atomic E-state index is 0.178. The largest absolute Gasteiger partial charge is 0.340 e. The number of carbonyl (C=O) groups excluding carboxylic acids is 1. The first-order valence-electron chi connectivity index (χ1n) is 8.64. The number of hydrogen-bond donors (Lipinski definition) is 1. The van der Waals surface area contributed by atoms with Crippen LogP contribution in [0.3, 0.4) is 0 Å². The average molecular weight is 326 g/mol. The average Bonchev–Trinajstić information content (AvgIpc) is 3.02. The number of carbonyl (C=O) groups is 1. The third-order valence-corrected chi connectivity index (χ3v) is 4.70. The molecule has 5 nitrogen and oxygen atoms in total. The Morgan fingerprint density at radius 2 is 2.17 bits per heavy atom. The van der Waals surface area contributed by atoms with Crippen LogP contribution in [0.1, 0.15) is 35.7 Å². The second-order valence-electron chi connectivity index (χ2n) is 6.79. The summed E-state index contributed by atoms with van der Waals surface area (Å²) in [6.07, 6.45) is 2.26. The molecule has 2 aromatic rings. The van der Waals surface area contributed by atoms with Gasteiger partial charge in [-0.2, -0.15) is 5.10 Å². The summed E-state index contributed by atoms with van der Waals surface area (Å²) in [7, 11) is 1.88. The highest BCUT2D eigenvalue weighted by molar-refractivity contribution is 5.78. The minimum Gasteiger partial charge on any atom is -0.340 e. The molecule has 0 aliphatic carbocycles. The minimum absolute atomic E-state index is 0.178. The number of aromatic amines is 1. The number of likely N-dealkylation sites (tertiary alicyclic amines) is 1. The predicted octanol–water partition coefficient (Wildman–Crippen LogP) is 2.56. The number of rotatable bonds is 5. The Hall–Kier alpha value is -2.14. The fourth-order valence-electron chi connectivity index (χ4n) is 3.35. The third-order valence-electron chi connectivity index (χ3n) is 4.70. The molecule has 3 rings (SSSR count). The van der Waals surface area contributed by atoms with Gasteiger partial charge in [0.15, 0.2) is 0 Å². The van der Waals surface area contributed by atoms with Crippen LogP contribution in [0.15, 0.2) is 36.4 Å². The maximum atomic E-state index is 12.5. The molecule has 24 heavy (non-hydrogen) atoms. The standard InChI is InChI=1S/C19H26N4O/c1-15-11-18(21-20-15)17-9-6-10-23(13-17)14-19(24)22(2)12-16-7-4-3-5-8-16/h3-5,7-8,11,17H,6,9-10,12-14H2,1-2H3,(H,20,21)/t17-/m0/s1. The zero-order valence-electron chi connectivity index (χ0n) is 14.5. The maximum absolute atomic E-state index is 12.5. The molecule has 1 N–H and O–H groups in total. The van der Waals surface area contributed by atoms with Gasteiger partial charge in [-0.15, -0.1) is 0 Å². The molecular formula is C19H26N4O. The third kappa shape index (κ3) is 4.23. The number of nitrogens with one attached hydrogen (secondary N) is 1. The van der Waals surface area contributed by atoms with Crippen molar-refractivity contribution in [1.82, 2.24) is 20.0 Å². The van der Waals surface area contributed by atoms with E-state index >= 15 is 0 Å². The van der Waals surface area contributed by atoms with Crippen LogP contribution in [0.2, 0.25) is 0 Å². The van der Waals surface area contributed by atoms with Crippen molar-refractivity contribution in [2.45, 2.75) is 32.2 Å². The lowest BCUT2D eigenvalue weighted by Gasteiger charge is -2.32. The molecule has 1 aliphatic rings. The van der Waals surface area contributed by atoms with E-state index in [1.165, 1.54) is 0 Å². The molecule has 0 spiro atoms. The highest BCUT2D eigenvalue weighted by atomic mass is 16.2. The van der Waals surface area contributed by atoms with E-state index in [2.05, 4.69) is 33.3 Å². The van der Waals surface area contributed by atoms with Crippen molar-refractivity contribution < 1.29 is 4.79 Å². The summed E-state index contributed by atoms with van der Waals surface area (Å²) in [5.74, 6) is 0.605. The lowest BCUT2D eigenvalue weighted by molar-refractivity contribution is -0.131. The highest BCUT2D eigenvalue weighted by Crippen LogP contribution is 2.25. The number of aryl methyl sites for hydroxylation is 1. The number of hydrogen-bond acceptors (Lipinski definition) is 3. The first-order chi connectivity index (χ1) is 11.6. The van der Waals surface area contributed by atoms with E-state index in [1.807, 2.05) is 37.1 Å². The molecule has 1 aliphatic heterocycles. The van der Waals surface area contributed by atoms with Gasteiger partial charge in [0.05, 0.1) is 12.2 Å². The van der Waals surface area contributed by atoms with Gasteiger partial charge < -0.3 is 4.90 Å². The second-order valence-corrected chi connectivity index (χ2v) is 6.79. The summed E-state index contributed by atoms with van der Waals surface area (Å²) in [6, 6.07) is 12.2. The zero-order chi connectivity index (χ0) is 16.9. The van der Waals surface area contributed by atoms with Gasteiger partial charge in [-0.25, -0.2) is 0 Å². The Kier molecular flexibility index (Phi) is 5.30. The molecule has 0 unspecified atom stereocenters. The molecule has 0 saturated carbocycles. The topological polar surface area (TPSA) is 52.2 Å². The molecule has 1 atom stereocenters. The van der Waals surface area contributed by atoms with E-state index in [1.54, 1.807) is 0 Å². The number of H-pyrrole nitrogens is 1. The van der Waals surface area contributed by atoms with Crippen molar-refractivity contribution >= 4 is 5.91 Å². The van der Waals surface area contributed by atoms with Crippen LogP contribution >= 0.6 is 0 Å². The van der Waals surface area contributed by atoms with Gasteiger partial charge in [-0.1, -0.05) is 30.3 Å². The molecule has 2 heterocycles. The van der Waals surface area contributed by atoms with E-state index in [-0.39, 0.29) is 5.91 Å². The second kappa shape index (κ2) is 7.62. The summed E-state index contributed by atoms with van der Waals surface area (Å²) < 4.78 is 0. The van der Waals surface area contributed by atoms with Crippen molar-refractivity contribution in [3.05, 3.63) is 53.3 Å². The van der Waals surface area contributed by atoms with Gasteiger partial charge in [0.25, 0.3) is 0 Å². The van der Waals surface area contributed by atoms with Crippen molar-refractivity contribution in [2.24, 2.45) is 0 Å². The van der Waals surface area contributed by atoms with Crippen LogP contribution in [0, 0.1) is 6.92 Å². The van der Waals surface area contributed by atoms with E-state index in [0.717, 1.165) is 42.9 Å². The van der Waals surface area contributed by atoms with Crippen molar-refractivity contribution in [2.75, 3.05) is 26.7 Å². The summed E-state index contributed by atoms with van der Waals surface area (Å²) in [5, 5.41) is 7.42. The predicted molar refractivity (Wildman–Crippen MR) is 94.7 cm³/mol. The smallest absolute Gasteiger partial charge is 0.236 e. The van der Waals surface area contributed by atoms with Gasteiger partial charge in [-0.3, -0.25) is 14.8 Å². The van der Waals surface area contributed by atoms with Crippen molar-refractivity contribution in [3.8, 4) is 0 Å². The van der Waals surface area contributed by atoms with Crippen LogP contribution in [0.4, 0.5) is 0 Å². The van der Waals surface area contributed by atoms with Crippen molar-refractivity contribution in [3.63, 3.8) is 0 Å². The summed E-state index contributed by atoms with van der Waals surface area (Å²) in [4.78, 5) is 16.6. The van der Waals surface area contributed by atoms with E-state index in [4.69, 9.17) is 0 Å². The molecule has 1 aromatic heterocycles. The zero-order valence-corrected chi connectivity index (χ0v) is 14.5. The molecular weight excluding hydrogens is 300 g/mol. The molecule has 0 bridgehead atoms. The van der Waals surface area contributed by atoms with Gasteiger partial charge in [0.1, 0.15) is 0 Å². The van der Waals surface area contributed by atoms with Crippen molar-refractivity contribution in [1.29, 1.82) is 0 Å². The Morgan fingerprint density at radius 3 is 2.88 bits per heavy atom. The summed E-state index contributed by atoms with van der Waals surface area (Å²) in [5.41, 5.74) is 3.39. The number of benzene rings is 1. The molecule has 1 aromatic carbocycles. The maximum Gasteiger partial charge on any atom is 0.236 e. The van der Waals surface area contributed by atoms with Crippen LogP contribution in [-0.4, -0.2) is 52.6 Å². The van der Waals surface area contributed by atoms with Gasteiger partial charge in [0.2, 0.25) is 5.91 Å². The Labute approximate surface area is 143 Å². The molecule has 1 fully saturated rings. The molecule has 0 radical (unpaired) electrons. The Morgan fingerprint density at radius 1 is 1.38 bits per heavy atom. The highest BCUT2D eigenvalue weighted by Gasteiger charge is 2.25. The van der Waals surface area contributed by atoms with Crippen LogP contribution < -0.4 is 0 Å². The van der Waals surface area contributed by atoms with Crippen LogP contribution in [-0.2, 0) is 11.3 Å². The lowest BCUT2D eigenvalue weighted by Crippen LogP contribution is -2.42. The number of likely N-dealkylation sites (N-methyl/N-ethyl adjacent to an activating group) is 1. The SMILES string of the molecule is Cc1cc([C@H]2CCCN(CC(=O)N(C)Cc3ccccc3)C2)n[nH]1. The summed E-state index contributed by atoms with van der Waals surface area (Å²) >= 11 is 0. The monoisotopic (exact) mass is 326 g/mol. The quantitative estimate of drug-likeness (QED) is 0.919. The fraction of sp³-hybridized carbons (Fsp3) is 0.474. The van der Waals surface area contributed by atoms with E-state index < -0.39 is 0 Å². The van der Waals surface area contributed by atoms with Crippen LogP contribution in [0.5, 0.6) is 0 Å². The number of nitrogens with zero attached hydrogens (tertiary/aromatic N) is 3. The number of aromatic nitrogens is 2. The normalized spacial score (nSPS) is 18.5. The Bertz CT molecular complexity index is 667. The van der Waals surface area contributed by atoms with Gasteiger partial charge in [-0.05, 0) is 37.9 Å². The molecule has 1 amide bonds. The molecule has 5 heteroatoms. The number of piperidine rings is 1. The molecule has 1 saturated heterocycles. The fourth-order valence-corrected chi connectivity index (χ4v) is 3.35. The number of amides is 1. The van der Waals surface area contributed by atoms with E-state index in [0.29, 0.717) is 19.0 Å². The first-order valence-corrected chi connectivity index (χ1v) is 8.64. The summed E-state index contributed by atoms with van der Waals surface area (Å²) in [6.45, 7) is 5.08. The van der Waals surface area contributed by atoms with E-state index in [9.17, 15) is 4.79 Å². The van der Waals surface area contributed by atoms with Gasteiger partial charge >= 0.3 is 0 Å². The Balaban J connectivity index is 1.53. The van der Waals surface area contributed by atoms with Crippen LogP contribution in [0.25, 0.3) is 0 Å². The lowest BCUT2D eigenvalue weighted by atomic mass is 9.94.